The lowest BCUT2D eigenvalue weighted by Gasteiger charge is -2.16. The van der Waals surface area contributed by atoms with Crippen LogP contribution in [0.3, 0.4) is 0 Å². The Balaban J connectivity index is 1.62. The molecule has 3 nitrogen and oxygen atoms in total. The zero-order valence-electron chi connectivity index (χ0n) is 22.9. The molecule has 0 unspecified atom stereocenters. The highest BCUT2D eigenvalue weighted by Gasteiger charge is 2.21. The number of halogens is 2. The van der Waals surface area contributed by atoms with Gasteiger partial charge in [-0.15, -0.1) is 22.7 Å². The van der Waals surface area contributed by atoms with E-state index >= 15 is 0 Å². The van der Waals surface area contributed by atoms with Gasteiger partial charge in [-0.2, -0.15) is 15.0 Å². The number of hydrogen-bond acceptors (Lipinski definition) is 4. The molecule has 0 aliphatic carbocycles. The van der Waals surface area contributed by atoms with Crippen LogP contribution in [0.15, 0.2) is 44.0 Å². The molecular formula is C31H41Br2N3S2. The van der Waals surface area contributed by atoms with Crippen LogP contribution in [-0.4, -0.2) is 15.0 Å². The minimum atomic E-state index is 0.366. The fourth-order valence-electron chi connectivity index (χ4n) is 5.18. The van der Waals surface area contributed by atoms with Crippen LogP contribution in [0.25, 0.3) is 31.9 Å². The van der Waals surface area contributed by atoms with Crippen molar-refractivity contribution in [2.75, 3.05) is 0 Å². The lowest BCUT2D eigenvalue weighted by molar-refractivity contribution is 0.337. The van der Waals surface area contributed by atoms with Crippen molar-refractivity contribution in [2.45, 2.75) is 110 Å². The van der Waals surface area contributed by atoms with E-state index in [4.69, 9.17) is 10.2 Å². The summed E-state index contributed by atoms with van der Waals surface area (Å²) in [4.78, 5) is 4.56. The summed E-state index contributed by atoms with van der Waals surface area (Å²) in [5, 5.41) is 10.5. The fraction of sp³-hybridized carbons (Fsp3) is 0.548. The molecule has 206 valence electrons. The van der Waals surface area contributed by atoms with E-state index in [0.29, 0.717) is 6.04 Å². The molecule has 3 aromatic heterocycles. The fourth-order valence-corrected chi connectivity index (χ4v) is 8.01. The van der Waals surface area contributed by atoms with Gasteiger partial charge in [-0.1, -0.05) is 103 Å². The van der Waals surface area contributed by atoms with Gasteiger partial charge in [0.15, 0.2) is 0 Å². The predicted molar refractivity (Wildman–Crippen MR) is 175 cm³/mol. The summed E-state index contributed by atoms with van der Waals surface area (Å²) in [5.74, 6) is 0. The van der Waals surface area contributed by atoms with Crippen LogP contribution in [0.2, 0.25) is 0 Å². The van der Waals surface area contributed by atoms with Crippen molar-refractivity contribution >= 4 is 65.6 Å². The average molecular weight is 680 g/mol. The van der Waals surface area contributed by atoms with Gasteiger partial charge in [0.05, 0.1) is 13.6 Å². The highest BCUT2D eigenvalue weighted by atomic mass is 79.9. The number of nitrogens with zero attached hydrogens (tertiary/aromatic N) is 3. The molecule has 0 N–H and O–H groups in total. The molecule has 0 saturated carbocycles. The van der Waals surface area contributed by atoms with E-state index in [9.17, 15) is 0 Å². The minimum Gasteiger partial charge on any atom is -0.181 e. The number of aromatic nitrogens is 3. The maximum Gasteiger partial charge on any atom is 0.122 e. The largest absolute Gasteiger partial charge is 0.181 e. The molecule has 0 aliphatic rings. The van der Waals surface area contributed by atoms with Crippen LogP contribution >= 0.6 is 54.5 Å². The second-order valence-corrected chi connectivity index (χ2v) is 15.3. The first-order valence-electron chi connectivity index (χ1n) is 14.5. The molecule has 0 bridgehead atoms. The summed E-state index contributed by atoms with van der Waals surface area (Å²) in [6.07, 6.45) is 18.2. The third-order valence-electron chi connectivity index (χ3n) is 7.34. The first-order valence-corrected chi connectivity index (χ1v) is 17.7. The Morgan fingerprint density at radius 2 is 1.03 bits per heavy atom. The molecule has 0 spiro atoms. The van der Waals surface area contributed by atoms with Gasteiger partial charge in [-0.3, -0.25) is 0 Å². The quantitative estimate of drug-likeness (QED) is 0.104. The number of rotatable bonds is 17. The van der Waals surface area contributed by atoms with Crippen molar-refractivity contribution in [1.29, 1.82) is 0 Å². The Kier molecular flexibility index (Phi) is 12.4. The molecule has 4 rings (SSSR count). The summed E-state index contributed by atoms with van der Waals surface area (Å²) in [5.41, 5.74) is 4.41. The highest BCUT2D eigenvalue weighted by Crippen LogP contribution is 2.41. The molecule has 0 aliphatic heterocycles. The maximum absolute atomic E-state index is 5.24. The smallest absolute Gasteiger partial charge is 0.122 e. The lowest BCUT2D eigenvalue weighted by Crippen LogP contribution is -2.13. The second kappa shape index (κ2) is 15.7. The van der Waals surface area contributed by atoms with Gasteiger partial charge in [0, 0.05) is 20.9 Å². The topological polar surface area (TPSA) is 30.7 Å². The predicted octanol–water partition coefficient (Wildman–Crippen LogP) is 12.5. The van der Waals surface area contributed by atoms with Crippen LogP contribution in [0.5, 0.6) is 0 Å². The van der Waals surface area contributed by atoms with Crippen molar-refractivity contribution in [1.82, 2.24) is 15.0 Å². The second-order valence-electron chi connectivity index (χ2n) is 10.4. The van der Waals surface area contributed by atoms with Crippen LogP contribution in [0.1, 0.15) is 110 Å². The lowest BCUT2D eigenvalue weighted by atomic mass is 10.0. The van der Waals surface area contributed by atoms with E-state index in [1.807, 2.05) is 0 Å². The van der Waals surface area contributed by atoms with Gasteiger partial charge in [0.1, 0.15) is 11.0 Å². The summed E-state index contributed by atoms with van der Waals surface area (Å²) >= 11 is 10.8. The summed E-state index contributed by atoms with van der Waals surface area (Å²) in [7, 11) is 0. The Hall–Kier alpha value is -1.02. The van der Waals surface area contributed by atoms with Crippen molar-refractivity contribution in [2.24, 2.45) is 0 Å². The van der Waals surface area contributed by atoms with Crippen LogP contribution < -0.4 is 0 Å². The summed E-state index contributed by atoms with van der Waals surface area (Å²) < 4.78 is 2.28. The van der Waals surface area contributed by atoms with Crippen LogP contribution in [0.4, 0.5) is 0 Å². The van der Waals surface area contributed by atoms with E-state index in [-0.39, 0.29) is 0 Å². The molecule has 1 aromatic carbocycles. The number of thiophene rings is 2. The molecule has 0 radical (unpaired) electrons. The number of unbranched alkanes of at least 4 members (excludes halogenated alkanes) is 10. The SMILES string of the molecule is CCCCCCCCC(CCCCCCCC)n1nc2c(-c3ccc(Br)s3)ccc(-c3ccc(Br)s3)c2n1. The molecule has 0 fully saturated rings. The van der Waals surface area contributed by atoms with Gasteiger partial charge in [0.25, 0.3) is 0 Å². The van der Waals surface area contributed by atoms with Gasteiger partial charge >= 0.3 is 0 Å². The van der Waals surface area contributed by atoms with E-state index in [1.165, 1.54) is 111 Å². The molecule has 7 heteroatoms. The molecule has 0 amide bonds. The van der Waals surface area contributed by atoms with E-state index in [2.05, 4.69) is 86.9 Å². The van der Waals surface area contributed by atoms with E-state index in [1.54, 1.807) is 22.7 Å². The van der Waals surface area contributed by atoms with Crippen LogP contribution in [0, 0.1) is 0 Å². The van der Waals surface area contributed by atoms with Crippen molar-refractivity contribution in [3.63, 3.8) is 0 Å². The van der Waals surface area contributed by atoms with Crippen molar-refractivity contribution < 1.29 is 0 Å². The Labute approximate surface area is 253 Å². The number of fused-ring (bicyclic) bond motifs is 1. The Bertz CT molecular complexity index is 1170. The zero-order valence-corrected chi connectivity index (χ0v) is 27.7. The monoisotopic (exact) mass is 677 g/mol. The van der Waals surface area contributed by atoms with E-state index < -0.39 is 0 Å². The molecule has 38 heavy (non-hydrogen) atoms. The first-order chi connectivity index (χ1) is 18.6. The highest BCUT2D eigenvalue weighted by molar-refractivity contribution is 9.11. The molecular weight excluding hydrogens is 638 g/mol. The summed E-state index contributed by atoms with van der Waals surface area (Å²) in [6, 6.07) is 13.5. The summed E-state index contributed by atoms with van der Waals surface area (Å²) in [6.45, 7) is 4.58. The number of benzene rings is 1. The average Bonchev–Trinajstić information content (AvgIpc) is 3.66. The number of hydrogen-bond donors (Lipinski definition) is 0. The van der Waals surface area contributed by atoms with Crippen molar-refractivity contribution in [3.05, 3.63) is 44.0 Å². The standard InChI is InChI=1S/C31H41Br2N3S2/c1-3-5-7-9-11-13-15-23(16-14-12-10-8-6-4-2)36-34-30-24(26-19-21-28(32)37-26)17-18-25(31(30)35-36)27-20-22-29(33)38-27/h17-23H,3-16H2,1-2H3. The van der Waals surface area contributed by atoms with Gasteiger partial charge in [0.2, 0.25) is 0 Å². The Morgan fingerprint density at radius 3 is 1.42 bits per heavy atom. The maximum atomic E-state index is 5.24. The first kappa shape index (κ1) is 30.0. The molecule has 3 heterocycles. The minimum absolute atomic E-state index is 0.366. The Morgan fingerprint density at radius 1 is 0.605 bits per heavy atom. The molecule has 4 aromatic rings. The third kappa shape index (κ3) is 8.25. The van der Waals surface area contributed by atoms with E-state index in [0.717, 1.165) is 18.6 Å². The molecule has 0 saturated heterocycles. The van der Waals surface area contributed by atoms with Gasteiger partial charge < -0.3 is 0 Å². The normalized spacial score (nSPS) is 11.8. The van der Waals surface area contributed by atoms with Crippen LogP contribution in [-0.2, 0) is 0 Å². The van der Waals surface area contributed by atoms with Gasteiger partial charge in [-0.05, 0) is 69.0 Å². The zero-order chi connectivity index (χ0) is 26.7. The van der Waals surface area contributed by atoms with Crippen molar-refractivity contribution in [3.8, 4) is 20.9 Å². The van der Waals surface area contributed by atoms with Gasteiger partial charge in [-0.25, -0.2) is 0 Å². The molecule has 0 atom stereocenters. The third-order valence-corrected chi connectivity index (χ3v) is 10.7.